The molecule has 2 atom stereocenters. The zero-order valence-corrected chi connectivity index (χ0v) is 26.7. The maximum atomic E-state index is 12.3. The van der Waals surface area contributed by atoms with Crippen molar-refractivity contribution in [3.63, 3.8) is 0 Å². The van der Waals surface area contributed by atoms with Gasteiger partial charge in [0.25, 0.3) is 0 Å². The normalized spacial score (nSPS) is 13.8. The molecule has 2 unspecified atom stereocenters. The summed E-state index contributed by atoms with van der Waals surface area (Å²) in [6, 6.07) is 0. The van der Waals surface area contributed by atoms with Gasteiger partial charge < -0.3 is 15.3 Å². The average Bonchev–Trinajstić information content (AvgIpc) is 2.96. The maximum Gasteiger partial charge on any atom is 0.164 e. The van der Waals surface area contributed by atoms with Crippen molar-refractivity contribution < 1.29 is 24.9 Å². The molecule has 0 aliphatic rings. The summed E-state index contributed by atoms with van der Waals surface area (Å²) in [5, 5.41) is 30.5. The molecule has 0 aromatic rings. The molecule has 0 saturated heterocycles. The number of Topliss-reactive ketones (excluding diaryl/α,β-unsaturated/α-hetero) is 2. The summed E-state index contributed by atoms with van der Waals surface area (Å²) in [6.07, 6.45) is 26.7. The second-order valence-electron chi connectivity index (χ2n) is 12.3. The minimum Gasteiger partial charge on any atom is -0.387 e. The van der Waals surface area contributed by atoms with Crippen LogP contribution in [0.4, 0.5) is 0 Å². The molecule has 5 nitrogen and oxygen atoms in total. The highest BCUT2D eigenvalue weighted by atomic mass is 16.4. The average molecular weight is 569 g/mol. The lowest BCUT2D eigenvalue weighted by Gasteiger charge is -2.21. The third-order valence-electron chi connectivity index (χ3n) is 8.36. The molecular weight excluding hydrogens is 500 g/mol. The Balaban J connectivity index is 3.71. The molecule has 5 heteroatoms. The first-order valence-corrected chi connectivity index (χ1v) is 17.5. The lowest BCUT2D eigenvalue weighted by Crippen LogP contribution is -2.45. The van der Waals surface area contributed by atoms with Gasteiger partial charge in [0, 0.05) is 12.8 Å². The predicted octanol–water partition coefficient (Wildman–Crippen LogP) is 9.17. The maximum absolute atomic E-state index is 12.3. The fraction of sp³-hybridized carbons (Fsp3) is 0.943. The van der Waals surface area contributed by atoms with Gasteiger partial charge in [-0.15, -0.1) is 0 Å². The standard InChI is InChI=1S/C35H68O5/c1-3-5-7-9-11-13-15-17-19-21-23-25-27-29-31(36)33(38)35(40)34(39)32(37)30-28-26-24-22-20-18-16-14-12-10-8-6-4-2/h33-35,38-40H,3-30H2,1-2H3. The molecule has 0 heterocycles. The fourth-order valence-electron chi connectivity index (χ4n) is 5.48. The van der Waals surface area contributed by atoms with Crippen LogP contribution in [0.3, 0.4) is 0 Å². The Hall–Kier alpha value is -0.780. The molecule has 238 valence electrons. The SMILES string of the molecule is CCCCCCCCCCCCCCCC(=O)C(O)C(O)C(O)C(=O)CCCCCCCCCCCCCCC. The summed E-state index contributed by atoms with van der Waals surface area (Å²) in [5.74, 6) is -0.966. The molecule has 0 radical (unpaired) electrons. The van der Waals surface area contributed by atoms with Crippen molar-refractivity contribution in [2.45, 2.75) is 212 Å². The van der Waals surface area contributed by atoms with Gasteiger partial charge in [-0.1, -0.05) is 168 Å². The summed E-state index contributed by atoms with van der Waals surface area (Å²) in [7, 11) is 0. The van der Waals surface area contributed by atoms with Crippen LogP contribution in [0.15, 0.2) is 0 Å². The monoisotopic (exact) mass is 569 g/mol. The summed E-state index contributed by atoms with van der Waals surface area (Å²) in [5.41, 5.74) is 0. The Labute approximate surface area is 248 Å². The van der Waals surface area contributed by atoms with E-state index in [9.17, 15) is 24.9 Å². The van der Waals surface area contributed by atoms with E-state index in [4.69, 9.17) is 0 Å². The first-order chi connectivity index (χ1) is 19.5. The van der Waals surface area contributed by atoms with Crippen LogP contribution in [0.2, 0.25) is 0 Å². The molecule has 0 aromatic carbocycles. The number of carbonyl (C=O) groups excluding carboxylic acids is 2. The van der Waals surface area contributed by atoms with Gasteiger partial charge in [-0.3, -0.25) is 9.59 Å². The fourth-order valence-corrected chi connectivity index (χ4v) is 5.48. The first-order valence-electron chi connectivity index (χ1n) is 17.5. The molecule has 0 bridgehead atoms. The van der Waals surface area contributed by atoms with Crippen LogP contribution in [0.25, 0.3) is 0 Å². The molecule has 0 aliphatic heterocycles. The van der Waals surface area contributed by atoms with Crippen LogP contribution in [0.5, 0.6) is 0 Å². The van der Waals surface area contributed by atoms with Crippen molar-refractivity contribution >= 4 is 11.6 Å². The number of hydrogen-bond donors (Lipinski definition) is 3. The Morgan fingerprint density at radius 2 is 0.575 bits per heavy atom. The zero-order valence-electron chi connectivity index (χ0n) is 26.7. The number of unbranched alkanes of at least 4 members (excludes halogenated alkanes) is 24. The van der Waals surface area contributed by atoms with Crippen molar-refractivity contribution in [3.8, 4) is 0 Å². The van der Waals surface area contributed by atoms with E-state index in [1.54, 1.807) is 0 Å². The van der Waals surface area contributed by atoms with Gasteiger partial charge in [0.05, 0.1) is 0 Å². The molecule has 0 saturated carbocycles. The zero-order chi connectivity index (χ0) is 29.7. The van der Waals surface area contributed by atoms with E-state index in [1.165, 1.54) is 128 Å². The van der Waals surface area contributed by atoms with Crippen LogP contribution < -0.4 is 0 Å². The van der Waals surface area contributed by atoms with Crippen molar-refractivity contribution in [2.24, 2.45) is 0 Å². The van der Waals surface area contributed by atoms with Crippen LogP contribution in [-0.4, -0.2) is 45.2 Å². The highest BCUT2D eigenvalue weighted by molar-refractivity contribution is 5.87. The van der Waals surface area contributed by atoms with Crippen molar-refractivity contribution in [1.82, 2.24) is 0 Å². The smallest absolute Gasteiger partial charge is 0.164 e. The van der Waals surface area contributed by atoms with E-state index < -0.39 is 29.9 Å². The lowest BCUT2D eigenvalue weighted by atomic mass is 9.95. The number of hydrogen-bond acceptors (Lipinski definition) is 5. The lowest BCUT2D eigenvalue weighted by molar-refractivity contribution is -0.146. The van der Waals surface area contributed by atoms with Gasteiger partial charge in [-0.25, -0.2) is 0 Å². The molecule has 0 rings (SSSR count). The third kappa shape index (κ3) is 23.9. The van der Waals surface area contributed by atoms with E-state index in [1.807, 2.05) is 0 Å². The van der Waals surface area contributed by atoms with Gasteiger partial charge in [0.2, 0.25) is 0 Å². The summed E-state index contributed by atoms with van der Waals surface area (Å²) < 4.78 is 0. The molecular formula is C35H68O5. The second-order valence-corrected chi connectivity index (χ2v) is 12.3. The minimum absolute atomic E-state index is 0.176. The van der Waals surface area contributed by atoms with E-state index in [0.717, 1.165) is 25.7 Å². The van der Waals surface area contributed by atoms with Gasteiger partial charge in [0.1, 0.15) is 18.3 Å². The summed E-state index contributed by atoms with van der Waals surface area (Å²) in [4.78, 5) is 24.5. The molecule has 0 spiro atoms. The van der Waals surface area contributed by atoms with Gasteiger partial charge >= 0.3 is 0 Å². The molecule has 0 aliphatic carbocycles. The van der Waals surface area contributed by atoms with Crippen molar-refractivity contribution in [1.29, 1.82) is 0 Å². The van der Waals surface area contributed by atoms with Crippen LogP contribution in [-0.2, 0) is 9.59 Å². The van der Waals surface area contributed by atoms with Gasteiger partial charge in [-0.2, -0.15) is 0 Å². The topological polar surface area (TPSA) is 94.8 Å². The number of aliphatic hydroxyl groups is 3. The van der Waals surface area contributed by atoms with Crippen LogP contribution in [0.1, 0.15) is 194 Å². The predicted molar refractivity (Wildman–Crippen MR) is 169 cm³/mol. The molecule has 0 aromatic heterocycles. The molecule has 0 amide bonds. The summed E-state index contributed by atoms with van der Waals surface area (Å²) >= 11 is 0. The van der Waals surface area contributed by atoms with Gasteiger partial charge in [-0.05, 0) is 12.8 Å². The summed E-state index contributed by atoms with van der Waals surface area (Å²) in [6.45, 7) is 4.49. The quantitative estimate of drug-likeness (QED) is 0.0703. The van der Waals surface area contributed by atoms with Crippen molar-refractivity contribution in [2.75, 3.05) is 0 Å². The molecule has 3 N–H and O–H groups in total. The molecule has 40 heavy (non-hydrogen) atoms. The van der Waals surface area contributed by atoms with E-state index in [0.29, 0.717) is 12.8 Å². The number of carbonyl (C=O) groups is 2. The minimum atomic E-state index is -1.73. The Morgan fingerprint density at radius 1 is 0.375 bits per heavy atom. The number of aliphatic hydroxyl groups excluding tert-OH is 3. The van der Waals surface area contributed by atoms with Crippen molar-refractivity contribution in [3.05, 3.63) is 0 Å². The Kier molecular flexibility index (Phi) is 29.1. The first kappa shape index (κ1) is 39.2. The van der Waals surface area contributed by atoms with Gasteiger partial charge in [0.15, 0.2) is 11.6 Å². The molecule has 0 fully saturated rings. The number of ketones is 2. The van der Waals surface area contributed by atoms with E-state index >= 15 is 0 Å². The Bertz CT molecular complexity index is 516. The van der Waals surface area contributed by atoms with Crippen LogP contribution >= 0.6 is 0 Å². The van der Waals surface area contributed by atoms with E-state index in [2.05, 4.69) is 13.8 Å². The van der Waals surface area contributed by atoms with E-state index in [-0.39, 0.29) is 12.8 Å². The van der Waals surface area contributed by atoms with Crippen LogP contribution in [0, 0.1) is 0 Å². The highest BCUT2D eigenvalue weighted by Gasteiger charge is 2.33. The largest absolute Gasteiger partial charge is 0.387 e. The highest BCUT2D eigenvalue weighted by Crippen LogP contribution is 2.16. The number of rotatable bonds is 32. The third-order valence-corrected chi connectivity index (χ3v) is 8.36. The Morgan fingerprint density at radius 3 is 0.800 bits per heavy atom. The second kappa shape index (κ2) is 29.7.